The molecule has 1 aromatic carbocycles. The molecule has 0 aliphatic carbocycles. The van der Waals surface area contributed by atoms with Crippen molar-refractivity contribution < 1.29 is 4.74 Å². The van der Waals surface area contributed by atoms with Crippen molar-refractivity contribution in [3.8, 4) is 17.0 Å². The van der Waals surface area contributed by atoms with Crippen LogP contribution in [0.15, 0.2) is 24.5 Å². The molecule has 7 heteroatoms. The van der Waals surface area contributed by atoms with Crippen molar-refractivity contribution in [1.82, 2.24) is 24.6 Å². The van der Waals surface area contributed by atoms with Crippen LogP contribution in [0.1, 0.15) is 24.0 Å². The Labute approximate surface area is 172 Å². The number of nitrogens with zero attached hydrogens (tertiary/aromatic N) is 5. The standard InChI is InChI=1S/C21H27N5O.ClH/c1-14-9-15(2)20(19(10-14)27-4)17-11-18-21(24-23-17)26(13-22-18)12-16-5-7-25(3)8-6-16;/h9-11,13,16H,5-8,12H2,1-4H3;1H. The second-order valence-corrected chi connectivity index (χ2v) is 7.74. The van der Waals surface area contributed by atoms with Crippen LogP contribution in [0, 0.1) is 19.8 Å². The molecule has 6 nitrogen and oxygen atoms in total. The van der Waals surface area contributed by atoms with Crippen LogP contribution in [0.4, 0.5) is 0 Å². The summed E-state index contributed by atoms with van der Waals surface area (Å²) in [6.45, 7) is 7.44. The van der Waals surface area contributed by atoms with E-state index in [1.165, 1.54) is 31.5 Å². The summed E-state index contributed by atoms with van der Waals surface area (Å²) in [5.74, 6) is 1.51. The van der Waals surface area contributed by atoms with Gasteiger partial charge in [0.15, 0.2) is 5.65 Å². The predicted octanol–water partition coefficient (Wildman–Crippen LogP) is 3.88. The normalized spacial score (nSPS) is 15.6. The highest BCUT2D eigenvalue weighted by molar-refractivity contribution is 5.85. The molecule has 28 heavy (non-hydrogen) atoms. The lowest BCUT2D eigenvalue weighted by molar-refractivity contribution is 0.206. The molecule has 150 valence electrons. The smallest absolute Gasteiger partial charge is 0.182 e. The van der Waals surface area contributed by atoms with Gasteiger partial charge in [0.2, 0.25) is 0 Å². The number of halogens is 1. The Bertz CT molecular complexity index is 963. The quantitative estimate of drug-likeness (QED) is 0.664. The molecular weight excluding hydrogens is 374 g/mol. The fourth-order valence-electron chi connectivity index (χ4n) is 4.06. The molecule has 0 unspecified atom stereocenters. The third kappa shape index (κ3) is 3.98. The Kier molecular flexibility index (Phi) is 6.20. The fourth-order valence-corrected chi connectivity index (χ4v) is 4.06. The van der Waals surface area contributed by atoms with Gasteiger partial charge in [-0.25, -0.2) is 4.98 Å². The van der Waals surface area contributed by atoms with Crippen molar-refractivity contribution in [3.63, 3.8) is 0 Å². The Balaban J connectivity index is 0.00000225. The van der Waals surface area contributed by atoms with Crippen molar-refractivity contribution in [2.45, 2.75) is 33.2 Å². The number of piperidine rings is 1. The van der Waals surface area contributed by atoms with Gasteiger partial charge in [-0.2, -0.15) is 0 Å². The van der Waals surface area contributed by atoms with Gasteiger partial charge in [-0.15, -0.1) is 22.6 Å². The highest BCUT2D eigenvalue weighted by Crippen LogP contribution is 2.33. The number of aryl methyl sites for hydroxylation is 2. The van der Waals surface area contributed by atoms with Crippen molar-refractivity contribution in [3.05, 3.63) is 35.7 Å². The molecule has 0 radical (unpaired) electrons. The van der Waals surface area contributed by atoms with E-state index in [0.29, 0.717) is 5.92 Å². The SMILES string of the molecule is COc1cc(C)cc(C)c1-c1cc2ncn(CC3CCN(C)CC3)c2nn1.Cl. The average Bonchev–Trinajstić information content (AvgIpc) is 3.05. The van der Waals surface area contributed by atoms with Crippen LogP contribution in [0.3, 0.4) is 0 Å². The largest absolute Gasteiger partial charge is 0.496 e. The van der Waals surface area contributed by atoms with Crippen molar-refractivity contribution >= 4 is 23.6 Å². The third-order valence-corrected chi connectivity index (χ3v) is 5.58. The fraction of sp³-hybridized carbons (Fsp3) is 0.476. The molecule has 0 N–H and O–H groups in total. The summed E-state index contributed by atoms with van der Waals surface area (Å²) in [7, 11) is 3.89. The van der Waals surface area contributed by atoms with E-state index in [9.17, 15) is 0 Å². The lowest BCUT2D eigenvalue weighted by Crippen LogP contribution is -2.31. The monoisotopic (exact) mass is 401 g/mol. The van der Waals surface area contributed by atoms with Crippen molar-refractivity contribution in [2.24, 2.45) is 5.92 Å². The number of likely N-dealkylation sites (tertiary alicyclic amines) is 1. The van der Waals surface area contributed by atoms with Crippen LogP contribution in [0.5, 0.6) is 5.75 Å². The minimum absolute atomic E-state index is 0. The number of benzene rings is 1. The summed E-state index contributed by atoms with van der Waals surface area (Å²) in [6.07, 6.45) is 4.35. The molecule has 4 rings (SSSR count). The lowest BCUT2D eigenvalue weighted by Gasteiger charge is -2.29. The summed E-state index contributed by atoms with van der Waals surface area (Å²) in [5, 5.41) is 9.04. The number of aromatic nitrogens is 4. The molecule has 1 fully saturated rings. The summed E-state index contributed by atoms with van der Waals surface area (Å²) >= 11 is 0. The first kappa shape index (κ1) is 20.6. The summed E-state index contributed by atoms with van der Waals surface area (Å²) in [5.41, 5.74) is 5.84. The number of ether oxygens (including phenoxy) is 1. The number of rotatable bonds is 4. The van der Waals surface area contributed by atoms with E-state index in [4.69, 9.17) is 4.74 Å². The maximum Gasteiger partial charge on any atom is 0.182 e. The highest BCUT2D eigenvalue weighted by atomic mass is 35.5. The van der Waals surface area contributed by atoms with Crippen LogP contribution >= 0.6 is 12.4 Å². The Hall–Kier alpha value is -2.18. The molecular formula is C21H28ClN5O. The molecule has 0 spiro atoms. The summed E-state index contributed by atoms with van der Waals surface area (Å²) < 4.78 is 7.74. The van der Waals surface area contributed by atoms with Gasteiger partial charge in [0, 0.05) is 12.1 Å². The van der Waals surface area contributed by atoms with Gasteiger partial charge in [-0.3, -0.25) is 0 Å². The van der Waals surface area contributed by atoms with Gasteiger partial charge < -0.3 is 14.2 Å². The first-order valence-corrected chi connectivity index (χ1v) is 9.58. The topological polar surface area (TPSA) is 56.1 Å². The first-order valence-electron chi connectivity index (χ1n) is 9.58. The van der Waals surface area contributed by atoms with Crippen LogP contribution in [-0.4, -0.2) is 51.9 Å². The van der Waals surface area contributed by atoms with Gasteiger partial charge in [0.1, 0.15) is 11.3 Å². The van der Waals surface area contributed by atoms with E-state index < -0.39 is 0 Å². The van der Waals surface area contributed by atoms with Crippen LogP contribution < -0.4 is 4.74 Å². The zero-order valence-electron chi connectivity index (χ0n) is 17.0. The Morgan fingerprint density at radius 2 is 1.86 bits per heavy atom. The maximum absolute atomic E-state index is 5.59. The van der Waals surface area contributed by atoms with Crippen LogP contribution in [-0.2, 0) is 6.54 Å². The molecule has 0 amide bonds. The van der Waals surface area contributed by atoms with Crippen molar-refractivity contribution in [1.29, 1.82) is 0 Å². The van der Waals surface area contributed by atoms with Gasteiger partial charge in [0.25, 0.3) is 0 Å². The molecule has 0 atom stereocenters. The third-order valence-electron chi connectivity index (χ3n) is 5.58. The van der Waals surface area contributed by atoms with Gasteiger partial charge in [0.05, 0.1) is 19.1 Å². The van der Waals surface area contributed by atoms with E-state index in [1.54, 1.807) is 7.11 Å². The number of imidazole rings is 1. The van der Waals surface area contributed by atoms with E-state index in [1.807, 2.05) is 18.5 Å². The molecule has 2 aromatic heterocycles. The Morgan fingerprint density at radius 3 is 2.57 bits per heavy atom. The molecule has 0 bridgehead atoms. The average molecular weight is 402 g/mol. The van der Waals surface area contributed by atoms with E-state index >= 15 is 0 Å². The number of methoxy groups -OCH3 is 1. The number of hydrogen-bond acceptors (Lipinski definition) is 5. The summed E-state index contributed by atoms with van der Waals surface area (Å²) in [4.78, 5) is 6.99. The molecule has 1 saturated heterocycles. The molecule has 1 aliphatic heterocycles. The lowest BCUT2D eigenvalue weighted by atomic mass is 9.97. The van der Waals surface area contributed by atoms with Gasteiger partial charge >= 0.3 is 0 Å². The molecule has 0 saturated carbocycles. The summed E-state index contributed by atoms with van der Waals surface area (Å²) in [6, 6.07) is 6.20. The molecule has 3 aromatic rings. The number of hydrogen-bond donors (Lipinski definition) is 0. The minimum atomic E-state index is 0. The zero-order valence-corrected chi connectivity index (χ0v) is 17.8. The van der Waals surface area contributed by atoms with E-state index in [2.05, 4.69) is 51.6 Å². The second-order valence-electron chi connectivity index (χ2n) is 7.74. The Morgan fingerprint density at radius 1 is 1.11 bits per heavy atom. The number of fused-ring (bicyclic) bond motifs is 1. The van der Waals surface area contributed by atoms with Crippen molar-refractivity contribution in [2.75, 3.05) is 27.2 Å². The van der Waals surface area contributed by atoms with Gasteiger partial charge in [-0.1, -0.05) is 6.07 Å². The zero-order chi connectivity index (χ0) is 19.0. The molecule has 1 aliphatic rings. The maximum atomic E-state index is 5.59. The van der Waals surface area contributed by atoms with Crippen LogP contribution in [0.2, 0.25) is 0 Å². The van der Waals surface area contributed by atoms with E-state index in [-0.39, 0.29) is 12.4 Å². The predicted molar refractivity (Wildman–Crippen MR) is 114 cm³/mol. The first-order chi connectivity index (χ1) is 13.0. The molecule has 3 heterocycles. The highest BCUT2D eigenvalue weighted by Gasteiger charge is 2.19. The van der Waals surface area contributed by atoms with Gasteiger partial charge in [-0.05, 0) is 76.0 Å². The second kappa shape index (κ2) is 8.45. The minimum Gasteiger partial charge on any atom is -0.496 e. The van der Waals surface area contributed by atoms with E-state index in [0.717, 1.165) is 40.3 Å². The van der Waals surface area contributed by atoms with Crippen LogP contribution in [0.25, 0.3) is 22.4 Å².